The molecule has 0 saturated carbocycles. The molecule has 0 fully saturated rings. The molecule has 0 aliphatic carbocycles. The van der Waals surface area contributed by atoms with Gasteiger partial charge in [-0.05, 0) is 35.7 Å². The smallest absolute Gasteiger partial charge is 0.261 e. The molecule has 0 bridgehead atoms. The minimum absolute atomic E-state index is 0.0546. The third-order valence-electron chi connectivity index (χ3n) is 4.35. The van der Waals surface area contributed by atoms with Crippen molar-refractivity contribution in [2.75, 3.05) is 11.9 Å². The van der Waals surface area contributed by atoms with Gasteiger partial charge in [-0.1, -0.05) is 48.0 Å². The summed E-state index contributed by atoms with van der Waals surface area (Å²) < 4.78 is 0.738. The van der Waals surface area contributed by atoms with Gasteiger partial charge in [0.15, 0.2) is 0 Å². The Morgan fingerprint density at radius 1 is 1.08 bits per heavy atom. The zero-order valence-electron chi connectivity index (χ0n) is 14.6. The van der Waals surface area contributed by atoms with Crippen molar-refractivity contribution in [2.24, 2.45) is 0 Å². The number of benzene rings is 2. The van der Waals surface area contributed by atoms with E-state index < -0.39 is 0 Å². The van der Waals surface area contributed by atoms with Crippen molar-refractivity contribution in [2.45, 2.75) is 26.2 Å². The van der Waals surface area contributed by atoms with Gasteiger partial charge in [0, 0.05) is 23.1 Å². The summed E-state index contributed by atoms with van der Waals surface area (Å²) in [6.45, 7) is 4.17. The van der Waals surface area contributed by atoms with Crippen LogP contribution in [0.15, 0.2) is 46.9 Å². The van der Waals surface area contributed by atoms with Gasteiger partial charge in [-0.2, -0.15) is 0 Å². The fourth-order valence-corrected chi connectivity index (χ4v) is 3.37. The molecule has 0 aromatic heterocycles. The number of nitrogens with one attached hydrogen (secondary N) is 1. The number of imide groups is 1. The molecule has 0 saturated heterocycles. The second-order valence-electron chi connectivity index (χ2n) is 6.49. The molecule has 134 valence electrons. The fraction of sp³-hybridized carbons (Fsp3) is 0.250. The van der Waals surface area contributed by atoms with Crippen LogP contribution < -0.4 is 5.32 Å². The topological polar surface area (TPSA) is 66.5 Å². The summed E-state index contributed by atoms with van der Waals surface area (Å²) in [5, 5.41) is 2.88. The van der Waals surface area contributed by atoms with Gasteiger partial charge in [-0.3, -0.25) is 19.3 Å². The van der Waals surface area contributed by atoms with Crippen LogP contribution in [0.1, 0.15) is 52.5 Å². The Labute approximate surface area is 160 Å². The van der Waals surface area contributed by atoms with E-state index in [0.717, 1.165) is 20.6 Å². The summed E-state index contributed by atoms with van der Waals surface area (Å²) in [5.74, 6) is -0.661. The molecule has 1 N–H and O–H groups in total. The Kier molecular flexibility index (Phi) is 5.23. The predicted molar refractivity (Wildman–Crippen MR) is 103 cm³/mol. The summed E-state index contributed by atoms with van der Waals surface area (Å²) in [6, 6.07) is 12.6. The van der Waals surface area contributed by atoms with Crippen LogP contribution in [0.5, 0.6) is 0 Å². The number of carbonyl (C=O) groups excluding carboxylic acids is 3. The standard InChI is InChI=1S/C20H19BrN2O3/c1-12(2)14-5-3-4-6-17(14)22-18(24)9-10-23-19(25)15-8-7-13(21)11-16(15)20(23)26/h3-8,11-12H,9-10H2,1-2H3,(H,22,24). The molecule has 0 unspecified atom stereocenters. The van der Waals surface area contributed by atoms with Crippen LogP contribution in [0.2, 0.25) is 0 Å². The molecule has 6 heteroatoms. The number of para-hydroxylation sites is 1. The van der Waals surface area contributed by atoms with Gasteiger partial charge >= 0.3 is 0 Å². The monoisotopic (exact) mass is 414 g/mol. The molecule has 5 nitrogen and oxygen atoms in total. The average Bonchev–Trinajstić information content (AvgIpc) is 2.83. The summed E-state index contributed by atoms with van der Waals surface area (Å²) in [7, 11) is 0. The van der Waals surface area contributed by atoms with Gasteiger partial charge in [0.05, 0.1) is 11.1 Å². The first kappa shape index (κ1) is 18.3. The second-order valence-corrected chi connectivity index (χ2v) is 7.41. The summed E-state index contributed by atoms with van der Waals surface area (Å²) in [5.41, 5.74) is 2.56. The molecule has 0 atom stereocenters. The van der Waals surface area contributed by atoms with Crippen molar-refractivity contribution in [3.63, 3.8) is 0 Å². The largest absolute Gasteiger partial charge is 0.326 e. The third-order valence-corrected chi connectivity index (χ3v) is 4.85. The summed E-state index contributed by atoms with van der Waals surface area (Å²) in [6.07, 6.45) is 0.0546. The quantitative estimate of drug-likeness (QED) is 0.745. The molecule has 1 aliphatic heterocycles. The highest BCUT2D eigenvalue weighted by Gasteiger charge is 2.35. The molecule has 3 rings (SSSR count). The van der Waals surface area contributed by atoms with Crippen LogP contribution in [0.25, 0.3) is 0 Å². The van der Waals surface area contributed by atoms with Crippen molar-refractivity contribution in [1.82, 2.24) is 4.90 Å². The second kappa shape index (κ2) is 7.41. The normalized spacial score (nSPS) is 13.3. The highest BCUT2D eigenvalue weighted by Crippen LogP contribution is 2.27. The van der Waals surface area contributed by atoms with E-state index in [1.807, 2.05) is 24.3 Å². The molecule has 3 amide bonds. The minimum atomic E-state index is -0.360. The van der Waals surface area contributed by atoms with E-state index in [1.165, 1.54) is 0 Å². The van der Waals surface area contributed by atoms with E-state index in [2.05, 4.69) is 35.1 Å². The highest BCUT2D eigenvalue weighted by molar-refractivity contribution is 9.10. The molecule has 0 spiro atoms. The lowest BCUT2D eigenvalue weighted by molar-refractivity contribution is -0.116. The molecule has 26 heavy (non-hydrogen) atoms. The van der Waals surface area contributed by atoms with Gasteiger partial charge < -0.3 is 5.32 Å². The number of hydrogen-bond donors (Lipinski definition) is 1. The van der Waals surface area contributed by atoms with Gasteiger partial charge in [-0.15, -0.1) is 0 Å². The number of fused-ring (bicyclic) bond motifs is 1. The number of nitrogens with zero attached hydrogens (tertiary/aromatic N) is 1. The van der Waals surface area contributed by atoms with E-state index in [-0.39, 0.29) is 36.6 Å². The van der Waals surface area contributed by atoms with E-state index in [0.29, 0.717) is 11.1 Å². The lowest BCUT2D eigenvalue weighted by Gasteiger charge is -2.16. The third kappa shape index (κ3) is 3.55. The van der Waals surface area contributed by atoms with Crippen molar-refractivity contribution in [3.8, 4) is 0 Å². The molecule has 2 aromatic rings. The first-order valence-corrected chi connectivity index (χ1v) is 9.22. The molecule has 2 aromatic carbocycles. The highest BCUT2D eigenvalue weighted by atomic mass is 79.9. The summed E-state index contributed by atoms with van der Waals surface area (Å²) >= 11 is 3.30. The molecular formula is C20H19BrN2O3. The Balaban J connectivity index is 1.66. The zero-order valence-corrected chi connectivity index (χ0v) is 16.2. The van der Waals surface area contributed by atoms with Gasteiger partial charge in [0.2, 0.25) is 5.91 Å². The molecular weight excluding hydrogens is 396 g/mol. The fourth-order valence-electron chi connectivity index (χ4n) is 3.01. The van der Waals surface area contributed by atoms with Gasteiger partial charge in [-0.25, -0.2) is 0 Å². The first-order valence-electron chi connectivity index (χ1n) is 8.43. The van der Waals surface area contributed by atoms with Gasteiger partial charge in [0.1, 0.15) is 0 Å². The van der Waals surface area contributed by atoms with Crippen LogP contribution in [0, 0.1) is 0 Å². The van der Waals surface area contributed by atoms with Crippen LogP contribution in [0.3, 0.4) is 0 Å². The lowest BCUT2D eigenvalue weighted by Crippen LogP contribution is -2.33. The SMILES string of the molecule is CC(C)c1ccccc1NC(=O)CCN1C(=O)c2ccc(Br)cc2C1=O. The number of amides is 3. The van der Waals surface area contributed by atoms with Crippen molar-refractivity contribution >= 4 is 39.3 Å². The number of rotatable bonds is 5. The zero-order chi connectivity index (χ0) is 18.8. The number of anilines is 1. The Bertz CT molecular complexity index is 892. The van der Waals surface area contributed by atoms with E-state index >= 15 is 0 Å². The van der Waals surface area contributed by atoms with Crippen molar-refractivity contribution in [3.05, 3.63) is 63.6 Å². The number of hydrogen-bond acceptors (Lipinski definition) is 3. The molecule has 1 aliphatic rings. The van der Waals surface area contributed by atoms with Crippen molar-refractivity contribution in [1.29, 1.82) is 0 Å². The van der Waals surface area contributed by atoms with Crippen LogP contribution >= 0.6 is 15.9 Å². The maximum atomic E-state index is 12.4. The van der Waals surface area contributed by atoms with E-state index in [4.69, 9.17) is 0 Å². The maximum absolute atomic E-state index is 12.4. The first-order chi connectivity index (χ1) is 12.4. The predicted octanol–water partition coefficient (Wildman–Crippen LogP) is 4.20. The van der Waals surface area contributed by atoms with E-state index in [9.17, 15) is 14.4 Å². The van der Waals surface area contributed by atoms with Gasteiger partial charge in [0.25, 0.3) is 11.8 Å². The van der Waals surface area contributed by atoms with E-state index in [1.54, 1.807) is 18.2 Å². The molecule has 0 radical (unpaired) electrons. The van der Waals surface area contributed by atoms with Crippen LogP contribution in [-0.4, -0.2) is 29.2 Å². The van der Waals surface area contributed by atoms with Crippen LogP contribution in [-0.2, 0) is 4.79 Å². The number of halogens is 1. The molecule has 1 heterocycles. The lowest BCUT2D eigenvalue weighted by atomic mass is 10.0. The number of carbonyl (C=O) groups is 3. The Morgan fingerprint density at radius 3 is 2.50 bits per heavy atom. The van der Waals surface area contributed by atoms with Crippen LogP contribution in [0.4, 0.5) is 5.69 Å². The Hall–Kier alpha value is -2.47. The summed E-state index contributed by atoms with van der Waals surface area (Å²) in [4.78, 5) is 38.3. The van der Waals surface area contributed by atoms with Crippen molar-refractivity contribution < 1.29 is 14.4 Å². The average molecular weight is 415 g/mol. The Morgan fingerprint density at radius 2 is 1.77 bits per heavy atom. The minimum Gasteiger partial charge on any atom is -0.326 e. The maximum Gasteiger partial charge on any atom is 0.261 e.